The van der Waals surface area contributed by atoms with Crippen LogP contribution in [0.2, 0.25) is 0 Å². The lowest BCUT2D eigenvalue weighted by Crippen LogP contribution is -2.11. The monoisotopic (exact) mass is 335 g/mol. The van der Waals surface area contributed by atoms with Crippen LogP contribution in [0.5, 0.6) is 0 Å². The Morgan fingerprint density at radius 3 is 2.63 bits per heavy atom. The van der Waals surface area contributed by atoms with Gasteiger partial charge in [-0.1, -0.05) is 26.2 Å². The summed E-state index contributed by atoms with van der Waals surface area (Å²) in [5, 5.41) is 9.85. The SMILES string of the molecule is Cc1nonc1CNc1ccc(Br)cc1C(F)(F)F. The maximum absolute atomic E-state index is 12.9. The summed E-state index contributed by atoms with van der Waals surface area (Å²) in [6.45, 7) is 1.78. The molecule has 0 aliphatic rings. The first-order valence-corrected chi connectivity index (χ1v) is 6.06. The van der Waals surface area contributed by atoms with Crippen molar-refractivity contribution < 1.29 is 17.8 Å². The second-order valence-corrected chi connectivity index (χ2v) is 4.75. The summed E-state index contributed by atoms with van der Waals surface area (Å²) < 4.78 is 43.4. The van der Waals surface area contributed by atoms with Crippen molar-refractivity contribution in [3.8, 4) is 0 Å². The highest BCUT2D eigenvalue weighted by molar-refractivity contribution is 9.10. The molecule has 0 atom stereocenters. The van der Waals surface area contributed by atoms with Gasteiger partial charge in [0, 0.05) is 10.2 Å². The van der Waals surface area contributed by atoms with Gasteiger partial charge in [0.25, 0.3) is 0 Å². The van der Waals surface area contributed by atoms with Crippen molar-refractivity contribution >= 4 is 21.6 Å². The first-order valence-electron chi connectivity index (χ1n) is 5.26. The minimum Gasteiger partial charge on any atom is -0.379 e. The van der Waals surface area contributed by atoms with Crippen molar-refractivity contribution in [1.82, 2.24) is 10.3 Å². The van der Waals surface area contributed by atoms with Crippen LogP contribution in [0.15, 0.2) is 27.3 Å². The molecule has 0 bridgehead atoms. The molecule has 2 aromatic rings. The van der Waals surface area contributed by atoms with Crippen molar-refractivity contribution in [2.75, 3.05) is 5.32 Å². The van der Waals surface area contributed by atoms with Gasteiger partial charge in [0.15, 0.2) is 0 Å². The maximum atomic E-state index is 12.9. The molecule has 1 aromatic carbocycles. The Labute approximate surface area is 115 Å². The first-order chi connectivity index (χ1) is 8.88. The molecule has 0 saturated heterocycles. The number of anilines is 1. The number of halogens is 4. The molecule has 0 fully saturated rings. The summed E-state index contributed by atoms with van der Waals surface area (Å²) in [7, 11) is 0. The Morgan fingerprint density at radius 1 is 1.32 bits per heavy atom. The van der Waals surface area contributed by atoms with E-state index in [4.69, 9.17) is 0 Å². The van der Waals surface area contributed by atoms with Gasteiger partial charge in [-0.05, 0) is 25.1 Å². The van der Waals surface area contributed by atoms with Crippen LogP contribution < -0.4 is 5.32 Å². The third-order valence-corrected chi connectivity index (χ3v) is 2.97. The van der Waals surface area contributed by atoms with Gasteiger partial charge in [0.1, 0.15) is 11.4 Å². The van der Waals surface area contributed by atoms with Gasteiger partial charge in [0.05, 0.1) is 12.1 Å². The van der Waals surface area contributed by atoms with Crippen LogP contribution in [-0.4, -0.2) is 10.3 Å². The van der Waals surface area contributed by atoms with Crippen LogP contribution in [0, 0.1) is 6.92 Å². The van der Waals surface area contributed by atoms with Gasteiger partial charge >= 0.3 is 6.18 Å². The van der Waals surface area contributed by atoms with E-state index in [2.05, 4.69) is 36.2 Å². The number of aryl methyl sites for hydroxylation is 1. The van der Waals surface area contributed by atoms with Crippen LogP contribution in [-0.2, 0) is 12.7 Å². The van der Waals surface area contributed by atoms with E-state index < -0.39 is 11.7 Å². The molecule has 2 rings (SSSR count). The molecule has 1 aromatic heterocycles. The summed E-state index contributed by atoms with van der Waals surface area (Å²) in [4.78, 5) is 0. The number of nitrogens with one attached hydrogen (secondary N) is 1. The molecule has 0 aliphatic heterocycles. The predicted molar refractivity (Wildman–Crippen MR) is 65.5 cm³/mol. The molecule has 0 amide bonds. The summed E-state index contributed by atoms with van der Waals surface area (Å²) in [5.41, 5.74) is 0.253. The third-order valence-electron chi connectivity index (χ3n) is 2.48. The Balaban J connectivity index is 2.23. The second kappa shape index (κ2) is 5.20. The van der Waals surface area contributed by atoms with E-state index in [1.54, 1.807) is 6.92 Å². The molecule has 0 spiro atoms. The topological polar surface area (TPSA) is 51.0 Å². The normalized spacial score (nSPS) is 11.6. The Morgan fingerprint density at radius 2 is 2.05 bits per heavy atom. The van der Waals surface area contributed by atoms with Gasteiger partial charge < -0.3 is 5.32 Å². The van der Waals surface area contributed by atoms with Crippen molar-refractivity contribution in [3.05, 3.63) is 39.6 Å². The highest BCUT2D eigenvalue weighted by Crippen LogP contribution is 2.36. The van der Waals surface area contributed by atoms with Gasteiger partial charge in [-0.3, -0.25) is 0 Å². The molecule has 8 heteroatoms. The predicted octanol–water partition coefficient (Wildman–Crippen LogP) is 3.77. The van der Waals surface area contributed by atoms with E-state index in [0.29, 0.717) is 15.9 Å². The highest BCUT2D eigenvalue weighted by atomic mass is 79.9. The minimum absolute atomic E-state index is 0.0156. The molecule has 1 heterocycles. The van der Waals surface area contributed by atoms with E-state index in [1.165, 1.54) is 12.1 Å². The average Bonchev–Trinajstić information content (AvgIpc) is 2.72. The zero-order valence-electron chi connectivity index (χ0n) is 9.75. The van der Waals surface area contributed by atoms with Crippen LogP contribution in [0.1, 0.15) is 17.0 Å². The highest BCUT2D eigenvalue weighted by Gasteiger charge is 2.33. The average molecular weight is 336 g/mol. The lowest BCUT2D eigenvalue weighted by atomic mass is 10.1. The van der Waals surface area contributed by atoms with Crippen LogP contribution in [0.4, 0.5) is 18.9 Å². The number of alkyl halides is 3. The summed E-state index contributed by atoms with van der Waals surface area (Å²) in [6.07, 6.45) is -4.43. The molecule has 0 radical (unpaired) electrons. The first kappa shape index (κ1) is 13.9. The molecule has 0 aliphatic carbocycles. The van der Waals surface area contributed by atoms with Crippen molar-refractivity contribution in [1.29, 1.82) is 0 Å². The summed E-state index contributed by atoms with van der Waals surface area (Å²) >= 11 is 3.03. The van der Waals surface area contributed by atoms with Crippen LogP contribution in [0.3, 0.4) is 0 Å². The molecule has 4 nitrogen and oxygen atoms in total. The number of hydrogen-bond acceptors (Lipinski definition) is 4. The molecular formula is C11H9BrF3N3O. The number of aromatic nitrogens is 2. The summed E-state index contributed by atoms with van der Waals surface area (Å²) in [6, 6.07) is 3.91. The Kier molecular flexibility index (Phi) is 3.79. The maximum Gasteiger partial charge on any atom is 0.418 e. The van der Waals surface area contributed by atoms with Crippen molar-refractivity contribution in [2.24, 2.45) is 0 Å². The number of rotatable bonds is 3. The van der Waals surface area contributed by atoms with E-state index >= 15 is 0 Å². The van der Waals surface area contributed by atoms with Crippen LogP contribution in [0.25, 0.3) is 0 Å². The van der Waals surface area contributed by atoms with Crippen molar-refractivity contribution in [3.63, 3.8) is 0 Å². The van der Waals surface area contributed by atoms with E-state index in [0.717, 1.165) is 6.07 Å². The molecule has 1 N–H and O–H groups in total. The number of benzene rings is 1. The van der Waals surface area contributed by atoms with Gasteiger partial charge in [0.2, 0.25) is 0 Å². The standard InChI is InChI=1S/C11H9BrF3N3O/c1-6-10(18-19-17-6)5-16-9-3-2-7(12)4-8(9)11(13,14)15/h2-4,16H,5H2,1H3. The quantitative estimate of drug-likeness (QED) is 0.927. The van der Waals surface area contributed by atoms with Gasteiger partial charge in [-0.15, -0.1) is 0 Å². The molecule has 102 valence electrons. The second-order valence-electron chi connectivity index (χ2n) is 3.84. The molecule has 0 saturated carbocycles. The summed E-state index contributed by atoms with van der Waals surface area (Å²) in [5.74, 6) is 0. The van der Waals surface area contributed by atoms with Gasteiger partial charge in [-0.2, -0.15) is 13.2 Å². The minimum atomic E-state index is -4.43. The zero-order valence-corrected chi connectivity index (χ0v) is 11.3. The lowest BCUT2D eigenvalue weighted by Gasteiger charge is -2.14. The molecule has 0 unspecified atom stereocenters. The largest absolute Gasteiger partial charge is 0.418 e. The smallest absolute Gasteiger partial charge is 0.379 e. The van der Waals surface area contributed by atoms with Crippen molar-refractivity contribution in [2.45, 2.75) is 19.6 Å². The number of nitrogens with zero attached hydrogens (tertiary/aromatic N) is 2. The number of hydrogen-bond donors (Lipinski definition) is 1. The van der Waals surface area contributed by atoms with Crippen LogP contribution >= 0.6 is 15.9 Å². The fraction of sp³-hybridized carbons (Fsp3) is 0.273. The van der Waals surface area contributed by atoms with Gasteiger partial charge in [-0.25, -0.2) is 4.63 Å². The lowest BCUT2D eigenvalue weighted by molar-refractivity contribution is -0.137. The Hall–Kier alpha value is -1.57. The zero-order chi connectivity index (χ0) is 14.0. The van der Waals surface area contributed by atoms with E-state index in [1.807, 2.05) is 0 Å². The van der Waals surface area contributed by atoms with E-state index in [9.17, 15) is 13.2 Å². The Bertz CT molecular complexity index is 583. The fourth-order valence-corrected chi connectivity index (χ4v) is 1.86. The fourth-order valence-electron chi connectivity index (χ4n) is 1.49. The third kappa shape index (κ3) is 3.25. The molecular weight excluding hydrogens is 327 g/mol. The molecule has 19 heavy (non-hydrogen) atoms. The van der Waals surface area contributed by atoms with E-state index in [-0.39, 0.29) is 12.2 Å².